The molecule has 0 bridgehead atoms. The molecule has 88 valence electrons. The predicted molar refractivity (Wildman–Crippen MR) is 62.7 cm³/mol. The molecule has 0 spiro atoms. The van der Waals surface area contributed by atoms with E-state index in [0.29, 0.717) is 6.42 Å². The number of carbonyl (C=O) groups is 1. The number of hydrogen-bond donors (Lipinski definition) is 2. The Kier molecular flexibility index (Phi) is 6.41. The number of hydrogen-bond acceptors (Lipinski definition) is 2. The van der Waals surface area contributed by atoms with Crippen molar-refractivity contribution in [3.8, 4) is 0 Å². The molecule has 1 atom stereocenters. The van der Waals surface area contributed by atoms with Gasteiger partial charge in [0.2, 0.25) is 5.91 Å². The number of carbonyl (C=O) groups excluding carboxylic acids is 1. The van der Waals surface area contributed by atoms with Crippen LogP contribution >= 0.6 is 0 Å². The van der Waals surface area contributed by atoms with E-state index in [1.54, 1.807) is 0 Å². The second-order valence-corrected chi connectivity index (χ2v) is 4.41. The van der Waals surface area contributed by atoms with Crippen molar-refractivity contribution in [3.05, 3.63) is 0 Å². The Morgan fingerprint density at radius 3 is 3.00 bits per heavy atom. The molecule has 0 aromatic rings. The molecule has 1 heterocycles. The molecule has 0 aromatic carbocycles. The summed E-state index contributed by atoms with van der Waals surface area (Å²) in [7, 11) is 0. The smallest absolute Gasteiger partial charge is 0.219 e. The summed E-state index contributed by atoms with van der Waals surface area (Å²) in [6, 6.07) is 0. The topological polar surface area (TPSA) is 41.1 Å². The Morgan fingerprint density at radius 2 is 2.33 bits per heavy atom. The van der Waals surface area contributed by atoms with Crippen molar-refractivity contribution in [2.45, 2.75) is 45.4 Å². The Morgan fingerprint density at radius 1 is 1.47 bits per heavy atom. The van der Waals surface area contributed by atoms with Crippen molar-refractivity contribution in [2.75, 3.05) is 19.6 Å². The first kappa shape index (κ1) is 12.5. The van der Waals surface area contributed by atoms with Gasteiger partial charge in [-0.3, -0.25) is 4.79 Å². The van der Waals surface area contributed by atoms with Crippen LogP contribution in [0, 0.1) is 5.92 Å². The van der Waals surface area contributed by atoms with E-state index >= 15 is 0 Å². The molecule has 15 heavy (non-hydrogen) atoms. The van der Waals surface area contributed by atoms with Gasteiger partial charge >= 0.3 is 0 Å². The molecule has 1 fully saturated rings. The molecule has 1 unspecified atom stereocenters. The van der Waals surface area contributed by atoms with Crippen LogP contribution in [0.4, 0.5) is 0 Å². The number of unbranched alkanes of at least 4 members (excludes halogenated alkanes) is 1. The number of rotatable bonds is 6. The van der Waals surface area contributed by atoms with Crippen LogP contribution in [0.2, 0.25) is 0 Å². The lowest BCUT2D eigenvalue weighted by Crippen LogP contribution is -2.29. The van der Waals surface area contributed by atoms with E-state index < -0.39 is 0 Å². The van der Waals surface area contributed by atoms with Gasteiger partial charge in [-0.05, 0) is 44.7 Å². The third kappa shape index (κ3) is 5.78. The van der Waals surface area contributed by atoms with Gasteiger partial charge in [-0.15, -0.1) is 0 Å². The van der Waals surface area contributed by atoms with Crippen LogP contribution in [0.3, 0.4) is 0 Å². The van der Waals surface area contributed by atoms with Gasteiger partial charge in [0.05, 0.1) is 0 Å². The van der Waals surface area contributed by atoms with Crippen LogP contribution in [0.25, 0.3) is 0 Å². The van der Waals surface area contributed by atoms with Gasteiger partial charge in [0.15, 0.2) is 0 Å². The molecule has 1 aliphatic heterocycles. The molecule has 1 amide bonds. The van der Waals surface area contributed by atoms with Gasteiger partial charge in [-0.25, -0.2) is 0 Å². The van der Waals surface area contributed by atoms with Crippen molar-refractivity contribution in [1.82, 2.24) is 10.6 Å². The normalized spacial score (nSPS) is 21.3. The van der Waals surface area contributed by atoms with Crippen LogP contribution in [0.5, 0.6) is 0 Å². The van der Waals surface area contributed by atoms with E-state index in [4.69, 9.17) is 0 Å². The molecule has 1 rings (SSSR count). The first-order valence-corrected chi connectivity index (χ1v) is 6.30. The maximum absolute atomic E-state index is 11.0. The van der Waals surface area contributed by atoms with Gasteiger partial charge in [0.25, 0.3) is 0 Å². The average molecular weight is 212 g/mol. The molecule has 1 aliphatic rings. The van der Waals surface area contributed by atoms with Crippen LogP contribution < -0.4 is 10.6 Å². The SMILES string of the molecule is CCC(=O)NCCCCC1CCCNC1. The second kappa shape index (κ2) is 7.69. The quantitative estimate of drug-likeness (QED) is 0.658. The molecule has 0 radical (unpaired) electrons. The fourth-order valence-electron chi connectivity index (χ4n) is 2.08. The van der Waals surface area contributed by atoms with Gasteiger partial charge in [0, 0.05) is 13.0 Å². The lowest BCUT2D eigenvalue weighted by molar-refractivity contribution is -0.120. The van der Waals surface area contributed by atoms with Crippen LogP contribution in [0.1, 0.15) is 45.4 Å². The minimum Gasteiger partial charge on any atom is -0.356 e. The summed E-state index contributed by atoms with van der Waals surface area (Å²) < 4.78 is 0. The highest BCUT2D eigenvalue weighted by Crippen LogP contribution is 2.16. The molecule has 0 aliphatic carbocycles. The first-order chi connectivity index (χ1) is 7.33. The molecule has 0 saturated carbocycles. The minimum atomic E-state index is 0.175. The Bertz CT molecular complexity index is 176. The summed E-state index contributed by atoms with van der Waals surface area (Å²) in [5.41, 5.74) is 0. The summed E-state index contributed by atoms with van der Waals surface area (Å²) in [4.78, 5) is 11.0. The lowest BCUT2D eigenvalue weighted by Gasteiger charge is -2.22. The van der Waals surface area contributed by atoms with Crippen molar-refractivity contribution < 1.29 is 4.79 Å². The summed E-state index contributed by atoms with van der Waals surface area (Å²) >= 11 is 0. The van der Waals surface area contributed by atoms with Crippen LogP contribution in [-0.2, 0) is 4.79 Å². The Hall–Kier alpha value is -0.570. The lowest BCUT2D eigenvalue weighted by atomic mass is 9.94. The van der Waals surface area contributed by atoms with Crippen molar-refractivity contribution in [2.24, 2.45) is 5.92 Å². The Balaban J connectivity index is 1.89. The molecule has 0 aromatic heterocycles. The van der Waals surface area contributed by atoms with Crippen LogP contribution in [0.15, 0.2) is 0 Å². The largest absolute Gasteiger partial charge is 0.356 e. The monoisotopic (exact) mass is 212 g/mol. The fraction of sp³-hybridized carbons (Fsp3) is 0.917. The number of amides is 1. The van der Waals surface area contributed by atoms with E-state index in [9.17, 15) is 4.79 Å². The van der Waals surface area contributed by atoms with E-state index in [1.807, 2.05) is 6.92 Å². The minimum absolute atomic E-state index is 0.175. The van der Waals surface area contributed by atoms with E-state index in [0.717, 1.165) is 18.9 Å². The van der Waals surface area contributed by atoms with Crippen LogP contribution in [-0.4, -0.2) is 25.5 Å². The molecule has 1 saturated heterocycles. The summed E-state index contributed by atoms with van der Waals surface area (Å²) in [6.45, 7) is 5.14. The third-order valence-electron chi connectivity index (χ3n) is 3.08. The predicted octanol–water partition coefficient (Wildman–Crippen LogP) is 1.68. The van der Waals surface area contributed by atoms with Gasteiger partial charge in [0.1, 0.15) is 0 Å². The zero-order chi connectivity index (χ0) is 10.9. The number of nitrogens with one attached hydrogen (secondary N) is 2. The highest BCUT2D eigenvalue weighted by Gasteiger charge is 2.11. The molecular formula is C12H24N2O. The third-order valence-corrected chi connectivity index (χ3v) is 3.08. The standard InChI is InChI=1S/C12H24N2O/c1-2-12(15)14-9-4-3-6-11-7-5-8-13-10-11/h11,13H,2-10H2,1H3,(H,14,15). The zero-order valence-corrected chi connectivity index (χ0v) is 9.85. The summed E-state index contributed by atoms with van der Waals surface area (Å²) in [5.74, 6) is 1.05. The average Bonchev–Trinajstić information content (AvgIpc) is 2.29. The highest BCUT2D eigenvalue weighted by atomic mass is 16.1. The van der Waals surface area contributed by atoms with Crippen molar-refractivity contribution in [3.63, 3.8) is 0 Å². The first-order valence-electron chi connectivity index (χ1n) is 6.30. The zero-order valence-electron chi connectivity index (χ0n) is 9.85. The maximum atomic E-state index is 11.0. The van der Waals surface area contributed by atoms with Gasteiger partial charge < -0.3 is 10.6 Å². The highest BCUT2D eigenvalue weighted by molar-refractivity contribution is 5.75. The van der Waals surface area contributed by atoms with Crippen molar-refractivity contribution >= 4 is 5.91 Å². The Labute approximate surface area is 93.0 Å². The summed E-state index contributed by atoms with van der Waals surface area (Å²) in [5, 5.41) is 6.35. The number of piperidine rings is 1. The van der Waals surface area contributed by atoms with E-state index in [2.05, 4.69) is 10.6 Å². The van der Waals surface area contributed by atoms with E-state index in [-0.39, 0.29) is 5.91 Å². The fourth-order valence-corrected chi connectivity index (χ4v) is 2.08. The van der Waals surface area contributed by atoms with Gasteiger partial charge in [-0.2, -0.15) is 0 Å². The maximum Gasteiger partial charge on any atom is 0.219 e. The molecule has 3 heteroatoms. The molecule has 2 N–H and O–H groups in total. The second-order valence-electron chi connectivity index (χ2n) is 4.41. The van der Waals surface area contributed by atoms with E-state index in [1.165, 1.54) is 38.8 Å². The summed E-state index contributed by atoms with van der Waals surface area (Å²) in [6.07, 6.45) is 7.01. The molecular weight excluding hydrogens is 188 g/mol. The molecule has 3 nitrogen and oxygen atoms in total. The van der Waals surface area contributed by atoms with Crippen molar-refractivity contribution in [1.29, 1.82) is 0 Å². The van der Waals surface area contributed by atoms with Gasteiger partial charge in [-0.1, -0.05) is 13.3 Å².